The molecule has 0 amide bonds. The third-order valence-electron chi connectivity index (χ3n) is 5.87. The van der Waals surface area contributed by atoms with Crippen molar-refractivity contribution in [1.82, 2.24) is 19.9 Å². The van der Waals surface area contributed by atoms with E-state index in [-0.39, 0.29) is 0 Å². The number of nitrogens with one attached hydrogen (secondary N) is 2. The Balaban J connectivity index is 1.24. The summed E-state index contributed by atoms with van der Waals surface area (Å²) in [5, 5.41) is 8.81. The molecule has 8 heteroatoms. The lowest BCUT2D eigenvalue weighted by molar-refractivity contribution is 0.270. The van der Waals surface area contributed by atoms with Gasteiger partial charge >= 0.3 is 0 Å². The molecule has 170 valence electrons. The number of hydrogen-bond acceptors (Lipinski definition) is 7. The van der Waals surface area contributed by atoms with Gasteiger partial charge in [-0.25, -0.2) is 4.98 Å². The van der Waals surface area contributed by atoms with Crippen LogP contribution in [0.3, 0.4) is 0 Å². The lowest BCUT2D eigenvalue weighted by Gasteiger charge is -2.34. The molecule has 0 spiro atoms. The quantitative estimate of drug-likeness (QED) is 0.464. The molecule has 0 aliphatic carbocycles. The van der Waals surface area contributed by atoms with Gasteiger partial charge in [0.1, 0.15) is 5.82 Å². The number of anilines is 3. The molecule has 0 bridgehead atoms. The lowest BCUT2D eigenvalue weighted by Crippen LogP contribution is -2.46. The molecule has 1 aliphatic heterocycles. The number of pyridine rings is 1. The van der Waals surface area contributed by atoms with E-state index in [1.807, 2.05) is 43.5 Å². The lowest BCUT2D eigenvalue weighted by atomic mass is 10.2. The van der Waals surface area contributed by atoms with Gasteiger partial charge in [-0.3, -0.25) is 4.98 Å². The molecular formula is C24H32ClN7. The van der Waals surface area contributed by atoms with Crippen LogP contribution in [0.2, 0.25) is 5.02 Å². The zero-order valence-corrected chi connectivity index (χ0v) is 19.7. The number of benzene rings is 1. The first-order chi connectivity index (χ1) is 15.6. The smallest absolute Gasteiger partial charge is 0.227 e. The fourth-order valence-electron chi connectivity index (χ4n) is 4.01. The van der Waals surface area contributed by atoms with Crippen molar-refractivity contribution in [3.63, 3.8) is 0 Å². The first-order valence-electron chi connectivity index (χ1n) is 11.5. The summed E-state index contributed by atoms with van der Waals surface area (Å²) in [5.74, 6) is 1.75. The standard InChI is InChI=1S/C24H32ClN7/c1-3-31-12-14-32(15-13-31)24-29-18(2)16-23(30-24)28-10-5-4-9-26-21-8-11-27-22-17-19(25)6-7-20(21)22/h6-8,11,16-17H,3-5,9-10,12-15H2,1-2H3,(H,26,27)(H,28,29,30). The number of aryl methyl sites for hydroxylation is 1. The largest absolute Gasteiger partial charge is 0.384 e. The van der Waals surface area contributed by atoms with Crippen LogP contribution in [0.1, 0.15) is 25.5 Å². The van der Waals surface area contributed by atoms with Crippen LogP contribution >= 0.6 is 11.6 Å². The fraction of sp³-hybridized carbons (Fsp3) is 0.458. The highest BCUT2D eigenvalue weighted by Gasteiger charge is 2.18. The summed E-state index contributed by atoms with van der Waals surface area (Å²) in [6.45, 7) is 11.3. The molecule has 2 aromatic heterocycles. The van der Waals surface area contributed by atoms with Gasteiger partial charge in [-0.15, -0.1) is 0 Å². The monoisotopic (exact) mass is 453 g/mol. The number of fused-ring (bicyclic) bond motifs is 1. The number of likely N-dealkylation sites (N-methyl/N-ethyl adjacent to an activating group) is 1. The molecule has 3 heterocycles. The number of unbranched alkanes of at least 4 members (excludes halogenated alkanes) is 1. The van der Waals surface area contributed by atoms with Crippen LogP contribution in [-0.2, 0) is 0 Å². The summed E-state index contributed by atoms with van der Waals surface area (Å²) in [6, 6.07) is 9.86. The SMILES string of the molecule is CCN1CCN(c2nc(C)cc(NCCCCNc3ccnc4cc(Cl)ccc34)n2)CC1. The van der Waals surface area contributed by atoms with Crippen molar-refractivity contribution in [2.24, 2.45) is 0 Å². The van der Waals surface area contributed by atoms with Crippen molar-refractivity contribution in [2.75, 3.05) is 61.3 Å². The summed E-state index contributed by atoms with van der Waals surface area (Å²) in [7, 11) is 0. The number of halogens is 1. The summed E-state index contributed by atoms with van der Waals surface area (Å²) >= 11 is 6.08. The van der Waals surface area contributed by atoms with E-state index in [0.29, 0.717) is 5.02 Å². The first-order valence-corrected chi connectivity index (χ1v) is 11.8. The van der Waals surface area contributed by atoms with E-state index in [4.69, 9.17) is 16.6 Å². The Morgan fingerprint density at radius 3 is 2.53 bits per heavy atom. The third kappa shape index (κ3) is 5.78. The maximum atomic E-state index is 6.08. The number of aromatic nitrogens is 3. The minimum absolute atomic E-state index is 0.708. The van der Waals surface area contributed by atoms with Crippen LogP contribution < -0.4 is 15.5 Å². The molecule has 2 N–H and O–H groups in total. The van der Waals surface area contributed by atoms with Gasteiger partial charge in [-0.1, -0.05) is 18.5 Å². The molecule has 0 radical (unpaired) electrons. The van der Waals surface area contributed by atoms with Crippen LogP contribution in [0.15, 0.2) is 36.5 Å². The van der Waals surface area contributed by atoms with Gasteiger partial charge < -0.3 is 20.4 Å². The van der Waals surface area contributed by atoms with E-state index in [2.05, 4.69) is 37.3 Å². The fourth-order valence-corrected chi connectivity index (χ4v) is 4.18. The average Bonchev–Trinajstić information content (AvgIpc) is 2.81. The van der Waals surface area contributed by atoms with E-state index >= 15 is 0 Å². The number of rotatable bonds is 9. The predicted octanol–water partition coefficient (Wildman–Crippen LogP) is 4.43. The Hall–Kier alpha value is -2.64. The van der Waals surface area contributed by atoms with Crippen molar-refractivity contribution < 1.29 is 0 Å². The van der Waals surface area contributed by atoms with E-state index in [1.165, 1.54) is 0 Å². The Morgan fingerprint density at radius 2 is 1.75 bits per heavy atom. The summed E-state index contributed by atoms with van der Waals surface area (Å²) in [6.07, 6.45) is 3.93. The molecular weight excluding hydrogens is 422 g/mol. The zero-order chi connectivity index (χ0) is 22.3. The highest BCUT2D eigenvalue weighted by Crippen LogP contribution is 2.24. The van der Waals surface area contributed by atoms with Gasteiger partial charge in [0.15, 0.2) is 0 Å². The first kappa shape index (κ1) is 22.6. The molecule has 0 atom stereocenters. The molecule has 1 aliphatic rings. The zero-order valence-electron chi connectivity index (χ0n) is 18.9. The summed E-state index contributed by atoms with van der Waals surface area (Å²) in [5.41, 5.74) is 3.01. The van der Waals surface area contributed by atoms with Crippen LogP contribution in [0.25, 0.3) is 10.9 Å². The van der Waals surface area contributed by atoms with Crippen molar-refractivity contribution in [3.8, 4) is 0 Å². The normalized spacial score (nSPS) is 14.7. The molecule has 1 aromatic carbocycles. The minimum atomic E-state index is 0.708. The maximum Gasteiger partial charge on any atom is 0.227 e. The van der Waals surface area contributed by atoms with Gasteiger partial charge in [0.25, 0.3) is 0 Å². The van der Waals surface area contributed by atoms with Gasteiger partial charge in [0.05, 0.1) is 5.52 Å². The molecule has 32 heavy (non-hydrogen) atoms. The van der Waals surface area contributed by atoms with Crippen molar-refractivity contribution in [1.29, 1.82) is 0 Å². The van der Waals surface area contributed by atoms with E-state index in [0.717, 1.165) is 92.7 Å². The number of hydrogen-bond donors (Lipinski definition) is 2. The number of piperazine rings is 1. The van der Waals surface area contributed by atoms with Crippen LogP contribution in [0.4, 0.5) is 17.5 Å². The van der Waals surface area contributed by atoms with Crippen LogP contribution in [0.5, 0.6) is 0 Å². The topological polar surface area (TPSA) is 69.2 Å². The Kier molecular flexibility index (Phi) is 7.60. The minimum Gasteiger partial charge on any atom is -0.384 e. The summed E-state index contributed by atoms with van der Waals surface area (Å²) < 4.78 is 0. The average molecular weight is 454 g/mol. The Labute approximate surface area is 195 Å². The second kappa shape index (κ2) is 10.8. The Bertz CT molecular complexity index is 1030. The van der Waals surface area contributed by atoms with Gasteiger partial charge in [0, 0.05) is 73.3 Å². The maximum absolute atomic E-state index is 6.08. The second-order valence-corrected chi connectivity index (χ2v) is 8.63. The molecule has 7 nitrogen and oxygen atoms in total. The molecule has 1 fully saturated rings. The second-order valence-electron chi connectivity index (χ2n) is 8.20. The van der Waals surface area contributed by atoms with E-state index in [9.17, 15) is 0 Å². The predicted molar refractivity (Wildman–Crippen MR) is 134 cm³/mol. The molecule has 0 saturated carbocycles. The molecule has 1 saturated heterocycles. The molecule has 3 aromatic rings. The summed E-state index contributed by atoms with van der Waals surface area (Å²) in [4.78, 5) is 18.6. The van der Waals surface area contributed by atoms with Crippen molar-refractivity contribution in [2.45, 2.75) is 26.7 Å². The van der Waals surface area contributed by atoms with Crippen LogP contribution in [0, 0.1) is 6.92 Å². The molecule has 4 rings (SSSR count). The van der Waals surface area contributed by atoms with Gasteiger partial charge in [-0.2, -0.15) is 4.98 Å². The van der Waals surface area contributed by atoms with Crippen molar-refractivity contribution >= 4 is 40.0 Å². The third-order valence-corrected chi connectivity index (χ3v) is 6.11. The highest BCUT2D eigenvalue weighted by atomic mass is 35.5. The van der Waals surface area contributed by atoms with Crippen molar-refractivity contribution in [3.05, 3.63) is 47.2 Å². The highest BCUT2D eigenvalue weighted by molar-refractivity contribution is 6.31. The van der Waals surface area contributed by atoms with Crippen LogP contribution in [-0.4, -0.2) is 65.7 Å². The van der Waals surface area contributed by atoms with Gasteiger partial charge in [0.2, 0.25) is 5.95 Å². The van der Waals surface area contributed by atoms with Gasteiger partial charge in [-0.05, 0) is 50.6 Å². The Morgan fingerprint density at radius 1 is 0.969 bits per heavy atom. The van der Waals surface area contributed by atoms with E-state index in [1.54, 1.807) is 0 Å². The molecule has 0 unspecified atom stereocenters. The van der Waals surface area contributed by atoms with E-state index < -0.39 is 0 Å². The number of nitrogens with zero attached hydrogens (tertiary/aromatic N) is 5.